The fraction of sp³-hybridized carbons (Fsp3) is 0.467. The van der Waals surface area contributed by atoms with E-state index in [4.69, 9.17) is 4.74 Å². The third-order valence-electron chi connectivity index (χ3n) is 4.29. The number of β-lactam (4-membered cyclic amide) rings is 1. The van der Waals surface area contributed by atoms with Crippen molar-refractivity contribution >= 4 is 75.0 Å². The number of carboxylic acid groups (broad SMARTS) is 1. The number of rotatable bonds is 4. The minimum absolute atomic E-state index is 0. The maximum atomic E-state index is 12.0. The first-order chi connectivity index (χ1) is 9.88. The van der Waals surface area contributed by atoms with E-state index in [1.165, 1.54) is 16.7 Å². The van der Waals surface area contributed by atoms with E-state index >= 15 is 0 Å². The number of carboxylic acids is 1. The van der Waals surface area contributed by atoms with Crippen LogP contribution in [0.5, 0.6) is 5.75 Å². The van der Waals surface area contributed by atoms with Crippen LogP contribution < -0.4 is 4.74 Å². The Morgan fingerprint density at radius 3 is 2.59 bits per heavy atom. The molecule has 1 aromatic carbocycles. The van der Waals surface area contributed by atoms with Crippen LogP contribution in [0.15, 0.2) is 30.3 Å². The van der Waals surface area contributed by atoms with Gasteiger partial charge in [-0.05, 0) is 26.0 Å². The van der Waals surface area contributed by atoms with E-state index in [9.17, 15) is 14.7 Å². The second-order valence-corrected chi connectivity index (χ2v) is 7.62. The molecule has 5 nitrogen and oxygen atoms in total. The van der Waals surface area contributed by atoms with Gasteiger partial charge in [0.1, 0.15) is 12.4 Å². The van der Waals surface area contributed by atoms with Crippen molar-refractivity contribution in [1.82, 2.24) is 4.90 Å². The number of carbonyl (C=O) groups excluding carboxylic acids is 1. The monoisotopic (exact) mass is 347 g/mol. The molecule has 2 heterocycles. The molecular formula is C15H18KNO4S. The summed E-state index contributed by atoms with van der Waals surface area (Å²) in [5.74, 6) is -0.515. The molecule has 3 rings (SSSR count). The predicted octanol–water partition coefficient (Wildman–Crippen LogP) is 1.32. The zero-order valence-corrected chi connectivity index (χ0v) is 12.7. The number of amides is 1. The topological polar surface area (TPSA) is 66.8 Å². The van der Waals surface area contributed by atoms with Gasteiger partial charge in [-0.2, -0.15) is 0 Å². The molecular weight excluding hydrogens is 329 g/mol. The molecule has 0 aromatic heterocycles. The molecule has 0 saturated carbocycles. The molecule has 2 aliphatic heterocycles. The summed E-state index contributed by atoms with van der Waals surface area (Å²) in [6, 6.07) is 9.08. The van der Waals surface area contributed by atoms with Crippen LogP contribution in [-0.4, -0.2) is 95.5 Å². The minimum atomic E-state index is -1.33. The van der Waals surface area contributed by atoms with E-state index in [-0.39, 0.29) is 69.3 Å². The summed E-state index contributed by atoms with van der Waals surface area (Å²) in [4.78, 5) is 25.4. The summed E-state index contributed by atoms with van der Waals surface area (Å²) in [6.07, 6.45) is 0.411. The SMILES string of the molecule is CC1(C)S[C@@H]2CC(=O)N2[C@@]1(COc1ccccc1)C(=O)O.[KH]. The Hall–Kier alpha value is -0.0536. The third kappa shape index (κ3) is 2.65. The number of carbonyl (C=O) groups is 2. The number of fused-ring (bicyclic) bond motifs is 1. The van der Waals surface area contributed by atoms with Gasteiger partial charge in [0.2, 0.25) is 5.91 Å². The van der Waals surface area contributed by atoms with Crippen LogP contribution >= 0.6 is 11.8 Å². The van der Waals surface area contributed by atoms with Gasteiger partial charge in [-0.3, -0.25) is 4.79 Å². The Morgan fingerprint density at radius 1 is 1.41 bits per heavy atom. The maximum absolute atomic E-state index is 12.0. The molecule has 2 aliphatic rings. The molecule has 2 atom stereocenters. The molecule has 1 N–H and O–H groups in total. The van der Waals surface area contributed by atoms with Gasteiger partial charge < -0.3 is 14.7 Å². The van der Waals surface area contributed by atoms with E-state index in [0.717, 1.165) is 0 Å². The zero-order valence-electron chi connectivity index (χ0n) is 11.9. The molecule has 2 fully saturated rings. The molecule has 114 valence electrons. The van der Waals surface area contributed by atoms with Crippen LogP contribution in [-0.2, 0) is 9.59 Å². The van der Waals surface area contributed by atoms with Crippen LogP contribution in [0, 0.1) is 0 Å². The zero-order chi connectivity index (χ0) is 15.3. The number of thioether (sulfide) groups is 1. The van der Waals surface area contributed by atoms with Crippen molar-refractivity contribution in [1.29, 1.82) is 0 Å². The molecule has 0 unspecified atom stereocenters. The number of hydrogen-bond donors (Lipinski definition) is 1. The van der Waals surface area contributed by atoms with Crippen LogP contribution in [0.2, 0.25) is 0 Å². The van der Waals surface area contributed by atoms with Crippen molar-refractivity contribution in [2.24, 2.45) is 0 Å². The van der Waals surface area contributed by atoms with E-state index in [2.05, 4.69) is 0 Å². The van der Waals surface area contributed by atoms with E-state index in [0.29, 0.717) is 12.2 Å². The van der Waals surface area contributed by atoms with Gasteiger partial charge in [-0.15, -0.1) is 11.8 Å². The molecule has 7 heteroatoms. The number of benzene rings is 1. The van der Waals surface area contributed by atoms with Gasteiger partial charge in [-0.1, -0.05) is 18.2 Å². The Morgan fingerprint density at radius 2 is 2.05 bits per heavy atom. The molecule has 22 heavy (non-hydrogen) atoms. The van der Waals surface area contributed by atoms with E-state index in [1.807, 2.05) is 32.0 Å². The van der Waals surface area contributed by atoms with Gasteiger partial charge in [0.25, 0.3) is 0 Å². The molecule has 0 radical (unpaired) electrons. The van der Waals surface area contributed by atoms with E-state index < -0.39 is 16.3 Å². The van der Waals surface area contributed by atoms with E-state index in [1.54, 1.807) is 12.1 Å². The van der Waals surface area contributed by atoms with Crippen LogP contribution in [0.3, 0.4) is 0 Å². The van der Waals surface area contributed by atoms with Crippen LogP contribution in [0.1, 0.15) is 20.3 Å². The average Bonchev–Trinajstić information content (AvgIpc) is 2.61. The molecule has 0 aliphatic carbocycles. The Bertz CT molecular complexity index is 594. The van der Waals surface area contributed by atoms with Crippen LogP contribution in [0.25, 0.3) is 0 Å². The molecule has 1 amide bonds. The summed E-state index contributed by atoms with van der Waals surface area (Å²) in [7, 11) is 0. The van der Waals surface area contributed by atoms with Gasteiger partial charge in [0.05, 0.1) is 16.5 Å². The van der Waals surface area contributed by atoms with Crippen molar-refractivity contribution in [3.8, 4) is 5.75 Å². The van der Waals surface area contributed by atoms with Crippen molar-refractivity contribution in [3.05, 3.63) is 30.3 Å². The van der Waals surface area contributed by atoms with Gasteiger partial charge in [0.15, 0.2) is 5.54 Å². The summed E-state index contributed by atoms with van der Waals surface area (Å²) in [5, 5.41) is 9.78. The van der Waals surface area contributed by atoms with Crippen molar-refractivity contribution in [2.75, 3.05) is 6.61 Å². The molecule has 1 aromatic rings. The van der Waals surface area contributed by atoms with Crippen LogP contribution in [0.4, 0.5) is 0 Å². The van der Waals surface area contributed by atoms with Crippen molar-refractivity contribution < 1.29 is 19.4 Å². The Labute approximate surface area is 176 Å². The van der Waals surface area contributed by atoms with Gasteiger partial charge in [-0.25, -0.2) is 4.79 Å². The van der Waals surface area contributed by atoms with Gasteiger partial charge >= 0.3 is 57.4 Å². The normalized spacial score (nSPS) is 28.4. The fourth-order valence-electron chi connectivity index (χ4n) is 3.04. The second-order valence-electron chi connectivity index (χ2n) is 5.82. The summed E-state index contributed by atoms with van der Waals surface area (Å²) < 4.78 is 5.10. The first-order valence-corrected chi connectivity index (χ1v) is 7.68. The average molecular weight is 347 g/mol. The molecule has 0 spiro atoms. The number of para-hydroxylation sites is 1. The second kappa shape index (κ2) is 6.45. The first-order valence-electron chi connectivity index (χ1n) is 6.80. The van der Waals surface area contributed by atoms with Crippen molar-refractivity contribution in [3.63, 3.8) is 0 Å². The standard InChI is InChI=1S/C15H17NO4S.K.H/c1-14(2)15(13(18)19,16-11(17)8-12(16)21-14)9-20-10-6-4-3-5-7-10;;/h3-7,12H,8-9H2,1-2H3,(H,18,19);;/t12-,15+;;/m1../s1. The molecule has 2 saturated heterocycles. The Kier molecular flexibility index (Phi) is 5.36. The van der Waals surface area contributed by atoms with Gasteiger partial charge in [0, 0.05) is 0 Å². The quantitative estimate of drug-likeness (QED) is 0.657. The van der Waals surface area contributed by atoms with Crippen molar-refractivity contribution in [2.45, 2.75) is 35.9 Å². The fourth-order valence-corrected chi connectivity index (χ4v) is 4.79. The number of aliphatic carboxylic acids is 1. The molecule has 0 bridgehead atoms. The number of nitrogens with zero attached hydrogens (tertiary/aromatic N) is 1. The number of hydrogen-bond acceptors (Lipinski definition) is 4. The Balaban J connectivity index is 0.00000176. The first kappa shape index (κ1) is 18.3. The summed E-state index contributed by atoms with van der Waals surface area (Å²) >= 11 is 1.54. The summed E-state index contributed by atoms with van der Waals surface area (Å²) in [6.45, 7) is 3.69. The summed E-state index contributed by atoms with van der Waals surface area (Å²) in [5.41, 5.74) is -1.33. The third-order valence-corrected chi connectivity index (χ3v) is 5.87. The predicted molar refractivity (Wildman–Crippen MR) is 86.4 cm³/mol. The number of ether oxygens (including phenoxy) is 1.